The van der Waals surface area contributed by atoms with Crippen molar-refractivity contribution in [1.29, 1.82) is 0 Å². The molecule has 0 N–H and O–H groups in total. The molecule has 2 aliphatic rings. The van der Waals surface area contributed by atoms with E-state index in [2.05, 4.69) is 231 Å². The van der Waals surface area contributed by atoms with Gasteiger partial charge in [0.1, 0.15) is 11.2 Å². The number of rotatable bonds is 6. The van der Waals surface area contributed by atoms with Crippen LogP contribution in [0.4, 0.5) is 17.1 Å². The van der Waals surface area contributed by atoms with Crippen molar-refractivity contribution in [1.82, 2.24) is 0 Å². The minimum absolute atomic E-state index is 0.151. The van der Waals surface area contributed by atoms with Crippen molar-refractivity contribution in [3.8, 4) is 33.4 Å². The Balaban J connectivity index is 1.10. The van der Waals surface area contributed by atoms with Gasteiger partial charge < -0.3 is 9.32 Å². The van der Waals surface area contributed by atoms with Gasteiger partial charge in [-0.2, -0.15) is 0 Å². The number of para-hydroxylation sites is 1. The quantitative estimate of drug-likeness (QED) is 0.168. The highest BCUT2D eigenvalue weighted by molar-refractivity contribution is 6.16. The fraction of sp³-hybridized carbons (Fsp3) is 0.0690. The predicted octanol–water partition coefficient (Wildman–Crippen LogP) is 15.4. The van der Waals surface area contributed by atoms with Gasteiger partial charge in [0.15, 0.2) is 0 Å². The second-order valence-corrected chi connectivity index (χ2v) is 16.8. The maximum atomic E-state index is 6.84. The normalized spacial score (nSPS) is 14.1. The molecule has 0 saturated carbocycles. The van der Waals surface area contributed by atoms with Crippen molar-refractivity contribution >= 4 is 39.0 Å². The molecule has 0 bridgehead atoms. The molecule has 9 aromatic carbocycles. The Morgan fingerprint density at radius 1 is 0.400 bits per heavy atom. The first-order chi connectivity index (χ1) is 29.5. The lowest BCUT2D eigenvalue weighted by Crippen LogP contribution is -2.28. The highest BCUT2D eigenvalue weighted by atomic mass is 16.3. The van der Waals surface area contributed by atoms with Gasteiger partial charge in [0.25, 0.3) is 0 Å². The molecule has 0 spiro atoms. The molecule has 0 atom stereocenters. The molecule has 60 heavy (non-hydrogen) atoms. The minimum atomic E-state index is -0.476. The summed E-state index contributed by atoms with van der Waals surface area (Å²) in [6.07, 6.45) is 0. The Bertz CT molecular complexity index is 3240. The molecule has 0 saturated heterocycles. The SMILES string of the molecule is CC1(C)c2ccccc2-c2ccc(N(c3ccc(C4(c5ccccc5)c5ccccc5-c5ccccc54)cc3)c3cccc4oc5c(-c6ccccc6)cccc5c34)cc21. The second-order valence-electron chi connectivity index (χ2n) is 16.8. The van der Waals surface area contributed by atoms with Crippen LogP contribution in [0, 0.1) is 0 Å². The lowest BCUT2D eigenvalue weighted by molar-refractivity contribution is 0.660. The van der Waals surface area contributed by atoms with E-state index in [-0.39, 0.29) is 5.41 Å². The highest BCUT2D eigenvalue weighted by Gasteiger charge is 2.46. The zero-order valence-electron chi connectivity index (χ0n) is 33.6. The number of hydrogen-bond donors (Lipinski definition) is 0. The summed E-state index contributed by atoms with van der Waals surface area (Å²) in [5.41, 5.74) is 19.6. The third-order valence-corrected chi connectivity index (χ3v) is 13.4. The van der Waals surface area contributed by atoms with Crippen LogP contribution in [0.5, 0.6) is 0 Å². The Kier molecular flexibility index (Phi) is 7.52. The lowest BCUT2D eigenvalue weighted by Gasteiger charge is -2.34. The van der Waals surface area contributed by atoms with Crippen LogP contribution in [0.2, 0.25) is 0 Å². The first kappa shape index (κ1) is 34.6. The number of benzene rings is 9. The van der Waals surface area contributed by atoms with E-state index >= 15 is 0 Å². The van der Waals surface area contributed by atoms with Crippen LogP contribution in [-0.2, 0) is 10.8 Å². The minimum Gasteiger partial charge on any atom is -0.455 e. The maximum absolute atomic E-state index is 6.84. The molecule has 0 amide bonds. The molecule has 1 heterocycles. The molecule has 0 aliphatic heterocycles. The molecule has 2 aliphatic carbocycles. The van der Waals surface area contributed by atoms with Crippen molar-refractivity contribution < 1.29 is 4.42 Å². The predicted molar refractivity (Wildman–Crippen MR) is 249 cm³/mol. The van der Waals surface area contributed by atoms with Gasteiger partial charge in [0.2, 0.25) is 0 Å². The fourth-order valence-electron chi connectivity index (χ4n) is 10.7. The standard InChI is InChI=1S/C58H41NO/c1-57(2)49-26-12-9-21-44(49)47-36-35-42(37-52(47)57)59(53-29-16-30-54-55(53)48-25-15-24-43(56(48)60-54)38-17-5-3-6-18-38)41-33-31-40(32-34-41)58(39-19-7-4-8-20-39)50-27-13-10-22-45(50)46-23-11-14-28-51(46)58/h3-37H,1-2H3. The monoisotopic (exact) mass is 767 g/mol. The summed E-state index contributed by atoms with van der Waals surface area (Å²) in [7, 11) is 0. The Labute approximate surface area is 350 Å². The Hall–Kier alpha value is -7.42. The molecule has 10 aromatic rings. The first-order valence-corrected chi connectivity index (χ1v) is 20.9. The summed E-state index contributed by atoms with van der Waals surface area (Å²) in [4.78, 5) is 2.45. The third kappa shape index (κ3) is 4.82. The average Bonchev–Trinajstić information content (AvgIpc) is 3.92. The van der Waals surface area contributed by atoms with Gasteiger partial charge in [-0.3, -0.25) is 0 Å². The van der Waals surface area contributed by atoms with Crippen LogP contribution in [0.1, 0.15) is 47.2 Å². The summed E-state index contributed by atoms with van der Waals surface area (Å²) in [5, 5.41) is 2.19. The molecule has 284 valence electrons. The van der Waals surface area contributed by atoms with E-state index in [1.807, 2.05) is 0 Å². The van der Waals surface area contributed by atoms with Gasteiger partial charge in [-0.05, 0) is 97.6 Å². The summed E-state index contributed by atoms with van der Waals surface area (Å²) >= 11 is 0. The molecule has 2 heteroatoms. The second kappa shape index (κ2) is 13.0. The van der Waals surface area contributed by atoms with Crippen LogP contribution >= 0.6 is 0 Å². The van der Waals surface area contributed by atoms with Gasteiger partial charge in [-0.15, -0.1) is 0 Å². The van der Waals surface area contributed by atoms with Crippen LogP contribution in [0.25, 0.3) is 55.3 Å². The number of anilines is 3. The summed E-state index contributed by atoms with van der Waals surface area (Å²) < 4.78 is 6.84. The molecular formula is C58H41NO. The smallest absolute Gasteiger partial charge is 0.143 e. The molecule has 2 nitrogen and oxygen atoms in total. The van der Waals surface area contributed by atoms with Crippen LogP contribution in [0.15, 0.2) is 217 Å². The number of hydrogen-bond acceptors (Lipinski definition) is 2. The number of nitrogens with zero attached hydrogens (tertiary/aromatic N) is 1. The Morgan fingerprint density at radius 3 is 1.63 bits per heavy atom. The average molecular weight is 768 g/mol. The molecule has 0 fully saturated rings. The van der Waals surface area contributed by atoms with E-state index in [1.54, 1.807) is 0 Å². The van der Waals surface area contributed by atoms with Gasteiger partial charge in [0, 0.05) is 27.7 Å². The molecule has 1 aromatic heterocycles. The van der Waals surface area contributed by atoms with Gasteiger partial charge >= 0.3 is 0 Å². The highest BCUT2D eigenvalue weighted by Crippen LogP contribution is 2.57. The van der Waals surface area contributed by atoms with Crippen molar-refractivity contribution in [2.75, 3.05) is 4.90 Å². The van der Waals surface area contributed by atoms with E-state index in [0.29, 0.717) is 0 Å². The fourth-order valence-corrected chi connectivity index (χ4v) is 10.7. The molecule has 0 unspecified atom stereocenters. The molecular weight excluding hydrogens is 727 g/mol. The first-order valence-electron chi connectivity index (χ1n) is 20.9. The summed E-state index contributed by atoms with van der Waals surface area (Å²) in [6.45, 7) is 4.71. The number of furan rings is 1. The van der Waals surface area contributed by atoms with Crippen LogP contribution in [0.3, 0.4) is 0 Å². The van der Waals surface area contributed by atoms with Crippen LogP contribution in [-0.4, -0.2) is 0 Å². The molecule has 12 rings (SSSR count). The third-order valence-electron chi connectivity index (χ3n) is 13.4. The Morgan fingerprint density at radius 2 is 0.933 bits per heavy atom. The van der Waals surface area contributed by atoms with Crippen molar-refractivity contribution in [3.63, 3.8) is 0 Å². The van der Waals surface area contributed by atoms with E-state index in [9.17, 15) is 0 Å². The zero-order valence-corrected chi connectivity index (χ0v) is 33.6. The lowest BCUT2D eigenvalue weighted by atomic mass is 9.68. The zero-order chi connectivity index (χ0) is 40.0. The topological polar surface area (TPSA) is 16.4 Å². The number of fused-ring (bicyclic) bond motifs is 9. The molecule has 0 radical (unpaired) electrons. The van der Waals surface area contributed by atoms with Crippen molar-refractivity contribution in [2.24, 2.45) is 0 Å². The van der Waals surface area contributed by atoms with Crippen LogP contribution < -0.4 is 4.90 Å². The maximum Gasteiger partial charge on any atom is 0.143 e. The van der Waals surface area contributed by atoms with E-state index < -0.39 is 5.41 Å². The summed E-state index contributed by atoms with van der Waals surface area (Å²) in [6, 6.07) is 77.8. The largest absolute Gasteiger partial charge is 0.455 e. The van der Waals surface area contributed by atoms with E-state index in [1.165, 1.54) is 55.6 Å². The van der Waals surface area contributed by atoms with E-state index in [0.717, 1.165) is 50.1 Å². The van der Waals surface area contributed by atoms with E-state index in [4.69, 9.17) is 4.42 Å². The van der Waals surface area contributed by atoms with Gasteiger partial charge in [-0.25, -0.2) is 0 Å². The van der Waals surface area contributed by atoms with Gasteiger partial charge in [0.05, 0.1) is 16.5 Å². The van der Waals surface area contributed by atoms with Crippen molar-refractivity contribution in [2.45, 2.75) is 24.7 Å². The van der Waals surface area contributed by atoms with Crippen molar-refractivity contribution in [3.05, 3.63) is 246 Å². The van der Waals surface area contributed by atoms with Gasteiger partial charge in [-0.1, -0.05) is 190 Å². The summed E-state index contributed by atoms with van der Waals surface area (Å²) in [5.74, 6) is 0.